The third-order valence-corrected chi connectivity index (χ3v) is 1.10. The largest absolute Gasteiger partial charge is 0.348 e. The van der Waals surface area contributed by atoms with Gasteiger partial charge in [0.2, 0.25) is 0 Å². The molecular weight excluding hydrogens is 114 g/mol. The van der Waals surface area contributed by atoms with Crippen LogP contribution in [0.2, 0.25) is 0 Å². The second-order valence-corrected chi connectivity index (χ2v) is 1.82. The second-order valence-electron chi connectivity index (χ2n) is 1.82. The summed E-state index contributed by atoms with van der Waals surface area (Å²) in [6, 6.07) is 0. The summed E-state index contributed by atoms with van der Waals surface area (Å²) in [5.74, 6) is 0.997. The van der Waals surface area contributed by atoms with Crippen molar-refractivity contribution in [1.29, 1.82) is 0 Å². The fraction of sp³-hybridized carbons (Fsp3) is 0.500. The quantitative estimate of drug-likeness (QED) is 0.639. The first-order chi connectivity index (χ1) is 4.43. The van der Waals surface area contributed by atoms with Crippen LogP contribution in [0, 0.1) is 0 Å². The number of aromatic nitrogens is 2. The number of aromatic amines is 1. The Bertz CT molecular complexity index is 153. The van der Waals surface area contributed by atoms with Crippen LogP contribution in [0.25, 0.3) is 0 Å². The molecule has 0 aliphatic rings. The van der Waals surface area contributed by atoms with Crippen LogP contribution in [-0.2, 0) is 6.54 Å². The van der Waals surface area contributed by atoms with Gasteiger partial charge in [0.1, 0.15) is 5.82 Å². The predicted octanol–water partition coefficient (Wildman–Crippen LogP) is 1.01. The summed E-state index contributed by atoms with van der Waals surface area (Å²) >= 11 is 0. The number of rotatable bonds is 3. The Labute approximate surface area is 57.5 Å². The van der Waals surface area contributed by atoms with E-state index in [0.717, 1.165) is 18.9 Å². The number of hydrogen-bond donors (Lipinski definition) is 2. The average Bonchev–Trinajstić information content (AvgIpc) is 2.34. The molecule has 0 saturated carbocycles. The number of imidazole rings is 1. The molecule has 1 aromatic heterocycles. The average molecular weight is 129 g/mol. The summed E-state index contributed by atoms with van der Waals surface area (Å²) in [5, 5.41) is 3.16. The van der Waals surface area contributed by atoms with Crippen molar-refractivity contribution in [2.45, 2.75) is 13.5 Å². The van der Waals surface area contributed by atoms with Gasteiger partial charge in [0.25, 0.3) is 0 Å². The topological polar surface area (TPSA) is 40.7 Å². The number of H-pyrrole nitrogens is 1. The van der Waals surface area contributed by atoms with Gasteiger partial charge in [0, 0.05) is 15.2 Å². The lowest BCUT2D eigenvalue weighted by Gasteiger charge is -1.94. The van der Waals surface area contributed by atoms with Crippen LogP contribution in [0.15, 0.2) is 12.4 Å². The molecule has 0 aliphatic carbocycles. The van der Waals surface area contributed by atoms with Gasteiger partial charge in [-0.2, -0.15) is 0 Å². The van der Waals surface area contributed by atoms with Gasteiger partial charge in [-0.05, 0) is 6.54 Å². The van der Waals surface area contributed by atoms with Crippen molar-refractivity contribution >= 4 is 0 Å². The molecule has 0 radical (unpaired) electrons. The molecular formula is C6H15N3. The Morgan fingerprint density at radius 1 is 1.89 bits per heavy atom. The summed E-state index contributed by atoms with van der Waals surface area (Å²) in [4.78, 5) is 7.03. The van der Waals surface area contributed by atoms with Gasteiger partial charge in [-0.15, -0.1) is 0 Å². The number of nitrogens with one attached hydrogen (secondary N) is 2. The molecule has 0 aromatic carbocycles. The zero-order valence-corrected chi connectivity index (χ0v) is 5.52. The van der Waals surface area contributed by atoms with Crippen molar-refractivity contribution in [1.82, 2.24) is 15.3 Å². The van der Waals surface area contributed by atoms with E-state index in [1.54, 1.807) is 6.20 Å². The van der Waals surface area contributed by atoms with E-state index in [0.29, 0.717) is 0 Å². The van der Waals surface area contributed by atoms with E-state index < -0.39 is 0 Å². The van der Waals surface area contributed by atoms with Gasteiger partial charge in [0.05, 0.1) is 6.54 Å². The minimum absolute atomic E-state index is 0. The van der Waals surface area contributed by atoms with Crippen LogP contribution in [0.4, 0.5) is 0 Å². The summed E-state index contributed by atoms with van der Waals surface area (Å²) in [5.41, 5.74) is 0. The zero-order valence-electron chi connectivity index (χ0n) is 5.52. The van der Waals surface area contributed by atoms with E-state index in [1.165, 1.54) is 0 Å². The van der Waals surface area contributed by atoms with Crippen molar-refractivity contribution in [3.8, 4) is 0 Å². The first-order valence-corrected chi connectivity index (χ1v) is 3.12. The monoisotopic (exact) mass is 129 g/mol. The van der Waals surface area contributed by atoms with Crippen LogP contribution < -0.4 is 5.32 Å². The Hall–Kier alpha value is -0.830. The molecule has 0 aliphatic heterocycles. The summed E-state index contributed by atoms with van der Waals surface area (Å²) in [6.07, 6.45) is 3.58. The van der Waals surface area contributed by atoms with Crippen LogP contribution in [0.3, 0.4) is 0 Å². The molecule has 3 nitrogen and oxygen atoms in total. The smallest absolute Gasteiger partial charge is 0.120 e. The van der Waals surface area contributed by atoms with Gasteiger partial charge < -0.3 is 10.3 Å². The predicted molar refractivity (Wildman–Crippen MR) is 40.2 cm³/mol. The standard InChI is InChI=1S/C6H11N3.2H2/c1-2-7-5-6-8-3-4-9-6;;/h3-4,7H,2,5H2,1H3,(H,8,9);2*1H. The normalized spacial score (nSPS) is 9.89. The molecule has 0 spiro atoms. The van der Waals surface area contributed by atoms with Crippen LogP contribution in [-0.4, -0.2) is 16.5 Å². The van der Waals surface area contributed by atoms with E-state index in [2.05, 4.69) is 22.2 Å². The zero-order chi connectivity index (χ0) is 6.53. The highest BCUT2D eigenvalue weighted by Gasteiger charge is 1.88. The Kier molecular flexibility index (Phi) is 2.27. The Morgan fingerprint density at radius 2 is 2.78 bits per heavy atom. The van der Waals surface area contributed by atoms with E-state index >= 15 is 0 Å². The van der Waals surface area contributed by atoms with Gasteiger partial charge in [-0.1, -0.05) is 6.92 Å². The third-order valence-electron chi connectivity index (χ3n) is 1.10. The lowest BCUT2D eigenvalue weighted by atomic mass is 10.6. The lowest BCUT2D eigenvalue weighted by Crippen LogP contribution is -2.12. The molecule has 54 valence electrons. The molecule has 1 heterocycles. The minimum atomic E-state index is 0. The summed E-state index contributed by atoms with van der Waals surface area (Å²) < 4.78 is 0. The SMILES string of the molecule is CCNCc1ncc[nH]1.[HH].[HH]. The molecule has 1 rings (SSSR count). The van der Waals surface area contributed by atoms with E-state index in [1.807, 2.05) is 6.20 Å². The van der Waals surface area contributed by atoms with Crippen molar-refractivity contribution in [3.63, 3.8) is 0 Å². The van der Waals surface area contributed by atoms with E-state index in [-0.39, 0.29) is 2.85 Å². The molecule has 0 amide bonds. The first-order valence-electron chi connectivity index (χ1n) is 3.12. The maximum absolute atomic E-state index is 4.04. The van der Waals surface area contributed by atoms with E-state index in [9.17, 15) is 0 Å². The van der Waals surface area contributed by atoms with Crippen molar-refractivity contribution < 1.29 is 2.85 Å². The van der Waals surface area contributed by atoms with Crippen molar-refractivity contribution in [2.24, 2.45) is 0 Å². The van der Waals surface area contributed by atoms with Crippen LogP contribution in [0.1, 0.15) is 15.6 Å². The molecule has 0 saturated heterocycles. The molecule has 0 bridgehead atoms. The fourth-order valence-electron chi connectivity index (χ4n) is 0.638. The van der Waals surface area contributed by atoms with Gasteiger partial charge in [-0.25, -0.2) is 4.98 Å². The summed E-state index contributed by atoms with van der Waals surface area (Å²) in [7, 11) is 0. The molecule has 2 N–H and O–H groups in total. The highest BCUT2D eigenvalue weighted by Crippen LogP contribution is 1.84. The van der Waals surface area contributed by atoms with Gasteiger partial charge >= 0.3 is 0 Å². The fourth-order valence-corrected chi connectivity index (χ4v) is 0.638. The third kappa shape index (κ3) is 1.85. The molecule has 0 unspecified atom stereocenters. The summed E-state index contributed by atoms with van der Waals surface area (Å²) in [6.45, 7) is 3.90. The van der Waals surface area contributed by atoms with Crippen LogP contribution >= 0.6 is 0 Å². The Balaban J connectivity index is 0. The molecule has 9 heavy (non-hydrogen) atoms. The van der Waals surface area contributed by atoms with Crippen molar-refractivity contribution in [3.05, 3.63) is 18.2 Å². The second kappa shape index (κ2) is 3.25. The highest BCUT2D eigenvalue weighted by molar-refractivity contribution is 4.85. The van der Waals surface area contributed by atoms with Gasteiger partial charge in [-0.3, -0.25) is 0 Å². The highest BCUT2D eigenvalue weighted by atomic mass is 15.0. The first kappa shape index (κ1) is 6.29. The number of nitrogens with zero attached hydrogens (tertiary/aromatic N) is 1. The van der Waals surface area contributed by atoms with Crippen LogP contribution in [0.5, 0.6) is 0 Å². The Morgan fingerprint density at radius 3 is 3.33 bits per heavy atom. The maximum atomic E-state index is 4.04. The lowest BCUT2D eigenvalue weighted by molar-refractivity contribution is 0.698. The molecule has 3 heteroatoms. The van der Waals surface area contributed by atoms with Crippen molar-refractivity contribution in [2.75, 3.05) is 6.54 Å². The molecule has 0 fully saturated rings. The van der Waals surface area contributed by atoms with E-state index in [4.69, 9.17) is 0 Å². The van der Waals surface area contributed by atoms with Gasteiger partial charge in [0.15, 0.2) is 0 Å². The molecule has 0 atom stereocenters. The minimum Gasteiger partial charge on any atom is -0.348 e. The number of hydrogen-bond acceptors (Lipinski definition) is 2. The maximum Gasteiger partial charge on any atom is 0.120 e. The molecule has 1 aromatic rings.